The third-order valence-electron chi connectivity index (χ3n) is 3.75. The molecule has 0 aliphatic carbocycles. The van der Waals surface area contributed by atoms with Crippen molar-refractivity contribution in [1.82, 2.24) is 4.90 Å². The van der Waals surface area contributed by atoms with Crippen LogP contribution >= 0.6 is 0 Å². The van der Waals surface area contributed by atoms with Gasteiger partial charge in [-0.2, -0.15) is 0 Å². The predicted octanol–water partition coefficient (Wildman–Crippen LogP) is 4.33. The topological polar surface area (TPSA) is 46.6 Å². The molecule has 4 heteroatoms. The van der Waals surface area contributed by atoms with Crippen molar-refractivity contribution in [2.45, 2.75) is 26.9 Å². The lowest BCUT2D eigenvalue weighted by Gasteiger charge is -2.21. The molecule has 0 spiro atoms. The minimum absolute atomic E-state index is 0.0321. The average molecular weight is 309 g/mol. The van der Waals surface area contributed by atoms with Crippen LogP contribution in [0.25, 0.3) is 0 Å². The van der Waals surface area contributed by atoms with Crippen LogP contribution in [-0.4, -0.2) is 10.8 Å². The Morgan fingerprint density at radius 1 is 0.957 bits per heavy atom. The van der Waals surface area contributed by atoms with Crippen LogP contribution in [0, 0.1) is 13.8 Å². The molecule has 2 aromatic heterocycles. The van der Waals surface area contributed by atoms with Gasteiger partial charge in [0.15, 0.2) is 0 Å². The Hall–Kier alpha value is -2.75. The van der Waals surface area contributed by atoms with Gasteiger partial charge in [-0.05, 0) is 49.7 Å². The summed E-state index contributed by atoms with van der Waals surface area (Å²) in [5, 5.41) is 0. The first-order valence-corrected chi connectivity index (χ1v) is 7.55. The summed E-state index contributed by atoms with van der Waals surface area (Å²) in [6, 6.07) is 13.2. The molecule has 0 aliphatic rings. The fraction of sp³-hybridized carbons (Fsp3) is 0.211. The summed E-state index contributed by atoms with van der Waals surface area (Å²) in [5.74, 6) is 1.46. The minimum Gasteiger partial charge on any atom is -0.467 e. The highest BCUT2D eigenvalue weighted by atomic mass is 16.3. The van der Waals surface area contributed by atoms with Crippen LogP contribution in [0.3, 0.4) is 0 Å². The van der Waals surface area contributed by atoms with Crippen molar-refractivity contribution in [3.63, 3.8) is 0 Å². The van der Waals surface area contributed by atoms with Crippen molar-refractivity contribution < 1.29 is 13.6 Å². The van der Waals surface area contributed by atoms with Crippen LogP contribution in [0.5, 0.6) is 0 Å². The largest absolute Gasteiger partial charge is 0.467 e. The molecule has 0 saturated heterocycles. The summed E-state index contributed by atoms with van der Waals surface area (Å²) >= 11 is 0. The molecule has 118 valence electrons. The Bertz CT molecular complexity index is 737. The van der Waals surface area contributed by atoms with Gasteiger partial charge < -0.3 is 13.7 Å². The van der Waals surface area contributed by atoms with Crippen LogP contribution in [0.1, 0.15) is 33.0 Å². The number of nitrogens with zero attached hydrogens (tertiary/aromatic N) is 1. The first-order valence-electron chi connectivity index (χ1n) is 7.55. The van der Waals surface area contributed by atoms with Gasteiger partial charge in [0.25, 0.3) is 5.91 Å². The van der Waals surface area contributed by atoms with Gasteiger partial charge in [0.2, 0.25) is 0 Å². The van der Waals surface area contributed by atoms with Gasteiger partial charge in [-0.15, -0.1) is 0 Å². The summed E-state index contributed by atoms with van der Waals surface area (Å²) in [6.45, 7) is 4.78. The van der Waals surface area contributed by atoms with E-state index in [-0.39, 0.29) is 5.91 Å². The van der Waals surface area contributed by atoms with E-state index in [1.165, 1.54) is 0 Å². The van der Waals surface area contributed by atoms with Crippen LogP contribution in [0.4, 0.5) is 0 Å². The average Bonchev–Trinajstić information content (AvgIpc) is 3.19. The number of hydrogen-bond acceptors (Lipinski definition) is 3. The quantitative estimate of drug-likeness (QED) is 0.704. The molecule has 2 heterocycles. The molecule has 1 aromatic carbocycles. The van der Waals surface area contributed by atoms with Gasteiger partial charge in [0, 0.05) is 5.56 Å². The molecule has 23 heavy (non-hydrogen) atoms. The zero-order chi connectivity index (χ0) is 16.2. The van der Waals surface area contributed by atoms with Crippen molar-refractivity contribution in [2.24, 2.45) is 0 Å². The zero-order valence-corrected chi connectivity index (χ0v) is 13.3. The Kier molecular flexibility index (Phi) is 4.33. The van der Waals surface area contributed by atoms with E-state index >= 15 is 0 Å². The van der Waals surface area contributed by atoms with Crippen LogP contribution < -0.4 is 0 Å². The molecular formula is C19H19NO3. The van der Waals surface area contributed by atoms with Gasteiger partial charge in [0.1, 0.15) is 11.5 Å². The molecular weight excluding hydrogens is 290 g/mol. The smallest absolute Gasteiger partial charge is 0.254 e. The molecule has 0 unspecified atom stereocenters. The van der Waals surface area contributed by atoms with Gasteiger partial charge in [-0.25, -0.2) is 0 Å². The second-order valence-corrected chi connectivity index (χ2v) is 5.64. The highest BCUT2D eigenvalue weighted by Crippen LogP contribution is 2.18. The van der Waals surface area contributed by atoms with Crippen molar-refractivity contribution in [2.75, 3.05) is 0 Å². The summed E-state index contributed by atoms with van der Waals surface area (Å²) in [6.07, 6.45) is 3.23. The van der Waals surface area contributed by atoms with Crippen molar-refractivity contribution >= 4 is 5.91 Å². The molecule has 0 aliphatic heterocycles. The van der Waals surface area contributed by atoms with Gasteiger partial charge in [-0.3, -0.25) is 4.79 Å². The maximum absolute atomic E-state index is 13.0. The monoisotopic (exact) mass is 309 g/mol. The highest BCUT2D eigenvalue weighted by Gasteiger charge is 2.20. The molecule has 0 saturated carbocycles. The van der Waals surface area contributed by atoms with Crippen molar-refractivity contribution in [3.05, 3.63) is 83.2 Å². The number of benzene rings is 1. The van der Waals surface area contributed by atoms with Crippen LogP contribution in [0.2, 0.25) is 0 Å². The van der Waals surface area contributed by atoms with E-state index in [1.54, 1.807) is 17.4 Å². The number of amides is 1. The lowest BCUT2D eigenvalue weighted by atomic mass is 10.0. The Morgan fingerprint density at radius 2 is 1.57 bits per heavy atom. The summed E-state index contributed by atoms with van der Waals surface area (Å²) in [5.41, 5.74) is 2.82. The standard InChI is InChI=1S/C19H19NO3/c1-14-7-8-18(15(2)11-14)19(21)20(12-16-5-3-9-22-16)13-17-6-4-10-23-17/h3-11H,12-13H2,1-2H3. The highest BCUT2D eigenvalue weighted by molar-refractivity contribution is 5.95. The van der Waals surface area contributed by atoms with Gasteiger partial charge >= 0.3 is 0 Å². The molecule has 0 bridgehead atoms. The second-order valence-electron chi connectivity index (χ2n) is 5.64. The molecule has 3 aromatic rings. The second kappa shape index (κ2) is 6.57. The first kappa shape index (κ1) is 15.2. The number of aryl methyl sites for hydroxylation is 2. The molecule has 1 amide bonds. The Balaban J connectivity index is 1.88. The lowest BCUT2D eigenvalue weighted by Crippen LogP contribution is -2.30. The third-order valence-corrected chi connectivity index (χ3v) is 3.75. The molecule has 0 N–H and O–H groups in total. The maximum atomic E-state index is 13.0. The van der Waals surface area contributed by atoms with Gasteiger partial charge in [0.05, 0.1) is 25.6 Å². The fourth-order valence-electron chi connectivity index (χ4n) is 2.60. The molecule has 0 radical (unpaired) electrons. The first-order chi connectivity index (χ1) is 11.1. The predicted molar refractivity (Wildman–Crippen MR) is 86.9 cm³/mol. The van der Waals surface area contributed by atoms with E-state index in [9.17, 15) is 4.79 Å². The van der Waals surface area contributed by atoms with E-state index in [4.69, 9.17) is 8.83 Å². The third kappa shape index (κ3) is 3.54. The van der Waals surface area contributed by atoms with Crippen LogP contribution in [-0.2, 0) is 13.1 Å². The summed E-state index contributed by atoms with van der Waals surface area (Å²) in [4.78, 5) is 14.7. The molecule has 0 fully saturated rings. The number of carbonyl (C=O) groups excluding carboxylic acids is 1. The van der Waals surface area contributed by atoms with E-state index in [1.807, 2.05) is 56.3 Å². The zero-order valence-electron chi connectivity index (χ0n) is 13.3. The fourth-order valence-corrected chi connectivity index (χ4v) is 2.60. The number of rotatable bonds is 5. The van der Waals surface area contributed by atoms with E-state index in [0.717, 1.165) is 22.6 Å². The number of carbonyl (C=O) groups is 1. The van der Waals surface area contributed by atoms with Crippen molar-refractivity contribution in [3.8, 4) is 0 Å². The van der Waals surface area contributed by atoms with E-state index in [2.05, 4.69) is 0 Å². The molecule has 4 nitrogen and oxygen atoms in total. The summed E-state index contributed by atoms with van der Waals surface area (Å²) in [7, 11) is 0. The maximum Gasteiger partial charge on any atom is 0.254 e. The molecule has 3 rings (SSSR count). The van der Waals surface area contributed by atoms with Crippen molar-refractivity contribution in [1.29, 1.82) is 0 Å². The Labute approximate surface area is 135 Å². The normalized spacial score (nSPS) is 10.7. The lowest BCUT2D eigenvalue weighted by molar-refractivity contribution is 0.0704. The SMILES string of the molecule is Cc1ccc(C(=O)N(Cc2ccco2)Cc2ccco2)c(C)c1. The molecule has 0 atom stereocenters. The van der Waals surface area contributed by atoms with E-state index < -0.39 is 0 Å². The number of hydrogen-bond donors (Lipinski definition) is 0. The Morgan fingerprint density at radius 3 is 2.04 bits per heavy atom. The van der Waals surface area contributed by atoms with E-state index in [0.29, 0.717) is 18.7 Å². The minimum atomic E-state index is -0.0321. The van der Waals surface area contributed by atoms with Crippen LogP contribution in [0.15, 0.2) is 63.8 Å². The summed E-state index contributed by atoms with van der Waals surface area (Å²) < 4.78 is 10.8. The van der Waals surface area contributed by atoms with Gasteiger partial charge in [-0.1, -0.05) is 17.7 Å². The number of furan rings is 2.